The number of likely N-dealkylation sites (tertiary alicyclic amines) is 1. The number of hydrogen-bond donors (Lipinski definition) is 3. The Labute approximate surface area is 150 Å². The van der Waals surface area contributed by atoms with Gasteiger partial charge in [0.1, 0.15) is 12.3 Å². The first kappa shape index (κ1) is 19.3. The van der Waals surface area contributed by atoms with E-state index in [0.29, 0.717) is 19.0 Å². The molecule has 7 heteroatoms. The molecule has 1 fully saturated rings. The van der Waals surface area contributed by atoms with Crippen molar-refractivity contribution >= 4 is 11.9 Å². The molecule has 1 atom stereocenters. The van der Waals surface area contributed by atoms with E-state index in [-0.39, 0.29) is 18.5 Å². The van der Waals surface area contributed by atoms with Gasteiger partial charge in [0, 0.05) is 19.6 Å². The van der Waals surface area contributed by atoms with Crippen LogP contribution in [0.2, 0.25) is 0 Å². The summed E-state index contributed by atoms with van der Waals surface area (Å²) in [6, 6.07) is 4.13. The van der Waals surface area contributed by atoms with Gasteiger partial charge < -0.3 is 20.4 Å². The van der Waals surface area contributed by atoms with Crippen LogP contribution in [0.15, 0.2) is 27.8 Å². The zero-order valence-electron chi connectivity index (χ0n) is 15.4. The number of likely N-dealkylation sites (N-methyl/N-ethyl adjacent to an activating group) is 1. The summed E-state index contributed by atoms with van der Waals surface area (Å²) < 4.78 is 5.67. The molecule has 1 aliphatic heterocycles. The molecule has 1 aromatic rings. The Morgan fingerprint density at radius 2 is 1.96 bits per heavy atom. The molecule has 0 aliphatic carbocycles. The van der Waals surface area contributed by atoms with Gasteiger partial charge in [-0.25, -0.2) is 4.99 Å². The van der Waals surface area contributed by atoms with Crippen molar-refractivity contribution in [2.24, 2.45) is 4.99 Å². The Kier molecular flexibility index (Phi) is 8.31. The molecule has 0 bridgehead atoms. The van der Waals surface area contributed by atoms with Crippen LogP contribution in [-0.2, 0) is 4.79 Å². The van der Waals surface area contributed by atoms with E-state index < -0.39 is 0 Å². The van der Waals surface area contributed by atoms with Crippen molar-refractivity contribution in [1.29, 1.82) is 0 Å². The third-order valence-corrected chi connectivity index (χ3v) is 4.26. The fraction of sp³-hybridized carbons (Fsp3) is 0.667. The minimum atomic E-state index is -0.0710. The van der Waals surface area contributed by atoms with Crippen LogP contribution in [-0.4, -0.2) is 56.0 Å². The second-order valence-electron chi connectivity index (χ2n) is 6.16. The summed E-state index contributed by atoms with van der Waals surface area (Å²) in [6.45, 7) is 8.26. The number of carbonyl (C=O) groups excluding carboxylic acids is 1. The van der Waals surface area contributed by atoms with Crippen LogP contribution in [0.25, 0.3) is 0 Å². The molecule has 25 heavy (non-hydrogen) atoms. The van der Waals surface area contributed by atoms with E-state index in [1.807, 2.05) is 26.0 Å². The highest BCUT2D eigenvalue weighted by Gasteiger charge is 2.24. The van der Waals surface area contributed by atoms with Gasteiger partial charge in [-0.05, 0) is 51.9 Å². The smallest absolute Gasteiger partial charge is 0.241 e. The van der Waals surface area contributed by atoms with Crippen molar-refractivity contribution < 1.29 is 9.21 Å². The van der Waals surface area contributed by atoms with Crippen LogP contribution in [0, 0.1) is 0 Å². The minimum Gasteiger partial charge on any atom is -0.468 e. The van der Waals surface area contributed by atoms with Crippen molar-refractivity contribution in [3.8, 4) is 0 Å². The molecule has 7 nitrogen and oxygen atoms in total. The molecular weight excluding hydrogens is 318 g/mol. The maximum absolute atomic E-state index is 11.6. The van der Waals surface area contributed by atoms with Gasteiger partial charge in [0.25, 0.3) is 0 Å². The van der Waals surface area contributed by atoms with E-state index >= 15 is 0 Å². The highest BCUT2D eigenvalue weighted by molar-refractivity contribution is 5.84. The number of piperidine rings is 1. The van der Waals surface area contributed by atoms with Gasteiger partial charge in [-0.3, -0.25) is 9.69 Å². The van der Waals surface area contributed by atoms with Crippen LogP contribution >= 0.6 is 0 Å². The van der Waals surface area contributed by atoms with Crippen molar-refractivity contribution in [3.05, 3.63) is 24.2 Å². The summed E-state index contributed by atoms with van der Waals surface area (Å²) in [7, 11) is 0. The number of nitrogens with zero attached hydrogens (tertiary/aromatic N) is 2. The summed E-state index contributed by atoms with van der Waals surface area (Å²) in [6.07, 6.45) is 5.47. The Morgan fingerprint density at radius 3 is 2.60 bits per heavy atom. The zero-order chi connectivity index (χ0) is 17.9. The topological polar surface area (TPSA) is 81.9 Å². The number of aliphatic imine (C=N–C) groups is 1. The first-order chi connectivity index (χ1) is 12.2. The summed E-state index contributed by atoms with van der Waals surface area (Å²) in [5.41, 5.74) is 0. The molecule has 1 amide bonds. The lowest BCUT2D eigenvalue weighted by molar-refractivity contribution is -0.119. The number of rotatable bonds is 8. The van der Waals surface area contributed by atoms with E-state index in [2.05, 4.69) is 25.8 Å². The van der Waals surface area contributed by atoms with E-state index in [1.165, 1.54) is 19.3 Å². The van der Waals surface area contributed by atoms with Crippen LogP contribution in [0.3, 0.4) is 0 Å². The number of amides is 1. The van der Waals surface area contributed by atoms with E-state index in [1.54, 1.807) is 6.26 Å². The summed E-state index contributed by atoms with van der Waals surface area (Å²) in [5, 5.41) is 9.31. The second-order valence-corrected chi connectivity index (χ2v) is 6.16. The molecule has 0 aromatic carbocycles. The Balaban J connectivity index is 1.98. The SMILES string of the molecule is CCNC(=O)CN=C(NCC)NCC(c1ccco1)N1CCCCC1. The molecule has 3 N–H and O–H groups in total. The van der Waals surface area contributed by atoms with Crippen LogP contribution in [0.4, 0.5) is 0 Å². The lowest BCUT2D eigenvalue weighted by Crippen LogP contribution is -2.44. The van der Waals surface area contributed by atoms with Gasteiger partial charge >= 0.3 is 0 Å². The molecular formula is C18H31N5O2. The van der Waals surface area contributed by atoms with Crippen LogP contribution < -0.4 is 16.0 Å². The van der Waals surface area contributed by atoms with Crippen LogP contribution in [0.5, 0.6) is 0 Å². The third kappa shape index (κ3) is 6.42. The number of hydrogen-bond acceptors (Lipinski definition) is 4. The standard InChI is InChI=1S/C18H31N5O2/c1-3-19-17(24)14-22-18(20-4-2)21-13-15(16-9-8-12-25-16)23-10-6-5-7-11-23/h8-9,12,15H,3-7,10-11,13-14H2,1-2H3,(H,19,24)(H2,20,21,22). The van der Waals surface area contributed by atoms with Crippen molar-refractivity contribution in [3.63, 3.8) is 0 Å². The quantitative estimate of drug-likeness (QED) is 0.489. The van der Waals surface area contributed by atoms with Gasteiger partial charge in [0.15, 0.2) is 5.96 Å². The first-order valence-corrected chi connectivity index (χ1v) is 9.31. The van der Waals surface area contributed by atoms with E-state index in [0.717, 1.165) is 25.4 Å². The highest BCUT2D eigenvalue weighted by atomic mass is 16.3. The molecule has 1 saturated heterocycles. The monoisotopic (exact) mass is 349 g/mol. The van der Waals surface area contributed by atoms with Gasteiger partial charge in [0.2, 0.25) is 5.91 Å². The van der Waals surface area contributed by atoms with Gasteiger partial charge in [-0.1, -0.05) is 6.42 Å². The Morgan fingerprint density at radius 1 is 1.20 bits per heavy atom. The van der Waals surface area contributed by atoms with Gasteiger partial charge in [0.05, 0.1) is 12.3 Å². The number of furan rings is 1. The molecule has 1 aliphatic rings. The van der Waals surface area contributed by atoms with Crippen molar-refractivity contribution in [1.82, 2.24) is 20.9 Å². The highest BCUT2D eigenvalue weighted by Crippen LogP contribution is 2.24. The van der Waals surface area contributed by atoms with Gasteiger partial charge in [-0.15, -0.1) is 0 Å². The Bertz CT molecular complexity index is 524. The second kappa shape index (κ2) is 10.8. The maximum Gasteiger partial charge on any atom is 0.241 e. The van der Waals surface area contributed by atoms with E-state index in [9.17, 15) is 4.79 Å². The predicted octanol–water partition coefficient (Wildman–Crippen LogP) is 1.50. The van der Waals surface area contributed by atoms with Crippen molar-refractivity contribution in [2.75, 3.05) is 39.3 Å². The zero-order valence-corrected chi connectivity index (χ0v) is 15.4. The average Bonchev–Trinajstić information content (AvgIpc) is 3.15. The lowest BCUT2D eigenvalue weighted by Gasteiger charge is -2.33. The summed E-state index contributed by atoms with van der Waals surface area (Å²) in [4.78, 5) is 18.5. The fourth-order valence-corrected chi connectivity index (χ4v) is 3.06. The van der Waals surface area contributed by atoms with Crippen molar-refractivity contribution in [2.45, 2.75) is 39.2 Å². The third-order valence-electron chi connectivity index (χ3n) is 4.26. The maximum atomic E-state index is 11.6. The number of nitrogens with one attached hydrogen (secondary N) is 3. The first-order valence-electron chi connectivity index (χ1n) is 9.31. The molecule has 140 valence electrons. The molecule has 2 heterocycles. The lowest BCUT2D eigenvalue weighted by atomic mass is 10.1. The molecule has 0 radical (unpaired) electrons. The summed E-state index contributed by atoms with van der Waals surface area (Å²) in [5.74, 6) is 1.55. The normalized spacial score (nSPS) is 17.1. The summed E-state index contributed by atoms with van der Waals surface area (Å²) >= 11 is 0. The van der Waals surface area contributed by atoms with Crippen LogP contribution in [0.1, 0.15) is 44.9 Å². The molecule has 0 spiro atoms. The molecule has 1 aromatic heterocycles. The van der Waals surface area contributed by atoms with Gasteiger partial charge in [-0.2, -0.15) is 0 Å². The molecule has 0 saturated carbocycles. The average molecular weight is 349 g/mol. The predicted molar refractivity (Wildman–Crippen MR) is 99.5 cm³/mol. The fourth-order valence-electron chi connectivity index (χ4n) is 3.06. The number of carbonyl (C=O) groups is 1. The number of guanidine groups is 1. The molecule has 1 unspecified atom stereocenters. The van der Waals surface area contributed by atoms with E-state index in [4.69, 9.17) is 4.42 Å². The Hall–Kier alpha value is -2.02. The largest absolute Gasteiger partial charge is 0.468 e. The molecule has 2 rings (SSSR count). The minimum absolute atomic E-state index is 0.0710.